The van der Waals surface area contributed by atoms with Gasteiger partial charge in [0.2, 0.25) is 5.91 Å². The zero-order chi connectivity index (χ0) is 12.8. The maximum Gasteiger partial charge on any atom is 0.246 e. The van der Waals surface area contributed by atoms with E-state index in [-0.39, 0.29) is 12.5 Å². The van der Waals surface area contributed by atoms with Crippen LogP contribution in [0.25, 0.3) is 0 Å². The minimum Gasteiger partial charge on any atom is -0.495 e. The number of carbonyl (C=O) groups excluding carboxylic acids is 1. The van der Waals surface area contributed by atoms with E-state index in [1.165, 1.54) is 12.0 Å². The molecule has 0 aromatic heterocycles. The van der Waals surface area contributed by atoms with Crippen LogP contribution in [0.5, 0.6) is 5.75 Å². The van der Waals surface area contributed by atoms with Crippen molar-refractivity contribution in [3.05, 3.63) is 24.3 Å². The summed E-state index contributed by atoms with van der Waals surface area (Å²) in [4.78, 5) is 13.4. The van der Waals surface area contributed by atoms with E-state index < -0.39 is 6.04 Å². The van der Waals surface area contributed by atoms with E-state index in [1.54, 1.807) is 26.3 Å². The van der Waals surface area contributed by atoms with Crippen molar-refractivity contribution in [2.45, 2.75) is 6.04 Å². The van der Waals surface area contributed by atoms with Crippen molar-refractivity contribution in [2.24, 2.45) is 5.73 Å². The summed E-state index contributed by atoms with van der Waals surface area (Å²) in [7, 11) is 4.73. The van der Waals surface area contributed by atoms with Gasteiger partial charge in [-0.05, 0) is 12.1 Å². The first-order valence-electron chi connectivity index (χ1n) is 5.27. The first-order valence-corrected chi connectivity index (χ1v) is 5.27. The van der Waals surface area contributed by atoms with Crippen molar-refractivity contribution in [2.75, 3.05) is 32.8 Å². The van der Waals surface area contributed by atoms with Crippen LogP contribution in [0.3, 0.4) is 0 Å². The molecule has 0 heterocycles. The van der Waals surface area contributed by atoms with Gasteiger partial charge in [0.15, 0.2) is 0 Å². The number of nitrogens with two attached hydrogens (primary N) is 1. The Hall–Kier alpha value is -1.59. The molecule has 1 aromatic rings. The number of ether oxygens (including phenoxy) is 2. The van der Waals surface area contributed by atoms with Crippen LogP contribution in [-0.2, 0) is 9.53 Å². The Balaban J connectivity index is 2.88. The lowest BCUT2D eigenvalue weighted by atomic mass is 10.2. The number of methoxy groups -OCH3 is 2. The van der Waals surface area contributed by atoms with Crippen LogP contribution in [0.15, 0.2) is 24.3 Å². The zero-order valence-electron chi connectivity index (χ0n) is 10.3. The molecule has 1 amide bonds. The van der Waals surface area contributed by atoms with E-state index >= 15 is 0 Å². The molecule has 17 heavy (non-hydrogen) atoms. The highest BCUT2D eigenvalue weighted by atomic mass is 16.5. The largest absolute Gasteiger partial charge is 0.495 e. The van der Waals surface area contributed by atoms with E-state index in [9.17, 15) is 4.79 Å². The molecule has 0 aliphatic rings. The second-order valence-electron chi connectivity index (χ2n) is 3.63. The molecule has 1 rings (SSSR count). The summed E-state index contributed by atoms with van der Waals surface area (Å²) < 4.78 is 10.1. The van der Waals surface area contributed by atoms with Crippen LogP contribution in [0, 0.1) is 0 Å². The summed E-state index contributed by atoms with van der Waals surface area (Å²) in [5.41, 5.74) is 6.39. The summed E-state index contributed by atoms with van der Waals surface area (Å²) >= 11 is 0. The lowest BCUT2D eigenvalue weighted by molar-refractivity contribution is -0.120. The molecule has 0 aliphatic carbocycles. The number of benzene rings is 1. The molecule has 0 aliphatic heterocycles. The van der Waals surface area contributed by atoms with Crippen molar-refractivity contribution in [3.8, 4) is 5.75 Å². The first-order chi connectivity index (χ1) is 8.11. The predicted octanol–water partition coefficient (Wildman–Crippen LogP) is 0.632. The molecule has 0 bridgehead atoms. The highest BCUT2D eigenvalue weighted by Gasteiger charge is 2.20. The van der Waals surface area contributed by atoms with Gasteiger partial charge in [0.25, 0.3) is 0 Å². The van der Waals surface area contributed by atoms with Gasteiger partial charge < -0.3 is 20.1 Å². The zero-order valence-corrected chi connectivity index (χ0v) is 10.3. The molecule has 94 valence electrons. The predicted molar refractivity (Wildman–Crippen MR) is 66.3 cm³/mol. The summed E-state index contributed by atoms with van der Waals surface area (Å²) in [6, 6.07) is 6.60. The fraction of sp³-hybridized carbons (Fsp3) is 0.417. The Labute approximate surface area is 101 Å². The van der Waals surface area contributed by atoms with E-state index in [4.69, 9.17) is 15.2 Å². The lowest BCUT2D eigenvalue weighted by Gasteiger charge is -2.22. The number of nitrogens with zero attached hydrogens (tertiary/aromatic N) is 1. The smallest absolute Gasteiger partial charge is 0.246 e. The Morgan fingerprint density at radius 3 is 2.65 bits per heavy atom. The Kier molecular flexibility index (Phi) is 4.93. The minimum atomic E-state index is -0.671. The summed E-state index contributed by atoms with van der Waals surface area (Å²) in [6.07, 6.45) is 0. The third-order valence-electron chi connectivity index (χ3n) is 2.44. The average Bonchev–Trinajstić information content (AvgIpc) is 2.37. The van der Waals surface area contributed by atoms with Gasteiger partial charge >= 0.3 is 0 Å². The summed E-state index contributed by atoms with van der Waals surface area (Å²) in [6.45, 7) is 0.193. The van der Waals surface area contributed by atoms with Crippen molar-refractivity contribution in [1.29, 1.82) is 0 Å². The fourth-order valence-electron chi connectivity index (χ4n) is 1.53. The molecule has 0 fully saturated rings. The third-order valence-corrected chi connectivity index (χ3v) is 2.44. The fourth-order valence-corrected chi connectivity index (χ4v) is 1.53. The van der Waals surface area contributed by atoms with E-state index in [0.29, 0.717) is 11.4 Å². The molecule has 1 aromatic carbocycles. The molecule has 0 radical (unpaired) electrons. The van der Waals surface area contributed by atoms with Crippen LogP contribution in [0.1, 0.15) is 0 Å². The normalized spacial score (nSPS) is 12.0. The minimum absolute atomic E-state index is 0.193. The van der Waals surface area contributed by atoms with Gasteiger partial charge in [0.1, 0.15) is 11.8 Å². The van der Waals surface area contributed by atoms with Gasteiger partial charge in [-0.1, -0.05) is 12.1 Å². The monoisotopic (exact) mass is 238 g/mol. The van der Waals surface area contributed by atoms with Gasteiger partial charge in [-0.15, -0.1) is 0 Å². The third kappa shape index (κ3) is 3.18. The first kappa shape index (κ1) is 13.5. The topological polar surface area (TPSA) is 64.8 Å². The molecule has 5 nitrogen and oxygen atoms in total. The number of anilines is 1. The van der Waals surface area contributed by atoms with E-state index in [0.717, 1.165) is 0 Å². The number of likely N-dealkylation sites (N-methyl/N-ethyl adjacent to an activating group) is 1. The van der Waals surface area contributed by atoms with Crippen LogP contribution in [-0.4, -0.2) is 39.8 Å². The molecule has 5 heteroatoms. The highest BCUT2D eigenvalue weighted by Crippen LogP contribution is 2.26. The molecular weight excluding hydrogens is 220 g/mol. The lowest BCUT2D eigenvalue weighted by Crippen LogP contribution is -2.44. The maximum atomic E-state index is 12.0. The molecular formula is C12H18N2O3. The molecule has 0 saturated carbocycles. The van der Waals surface area contributed by atoms with Crippen molar-refractivity contribution >= 4 is 11.6 Å². The summed E-state index contributed by atoms with van der Waals surface area (Å²) in [5.74, 6) is 0.421. The van der Waals surface area contributed by atoms with E-state index in [2.05, 4.69) is 0 Å². The number of hydrogen-bond donors (Lipinski definition) is 1. The SMILES string of the molecule is COCC(N)C(=O)N(C)c1ccccc1OC. The number of hydrogen-bond acceptors (Lipinski definition) is 4. The molecule has 0 spiro atoms. The second-order valence-corrected chi connectivity index (χ2v) is 3.63. The number of rotatable bonds is 5. The highest BCUT2D eigenvalue weighted by molar-refractivity contribution is 5.97. The van der Waals surface area contributed by atoms with Crippen LogP contribution in [0.4, 0.5) is 5.69 Å². The molecule has 1 atom stereocenters. The van der Waals surface area contributed by atoms with Gasteiger partial charge in [-0.3, -0.25) is 4.79 Å². The number of amides is 1. The van der Waals surface area contributed by atoms with Gasteiger partial charge in [-0.25, -0.2) is 0 Å². The molecule has 2 N–H and O–H groups in total. The molecule has 1 unspecified atom stereocenters. The van der Waals surface area contributed by atoms with Crippen molar-refractivity contribution in [1.82, 2.24) is 0 Å². The van der Waals surface area contributed by atoms with Crippen LogP contribution < -0.4 is 15.4 Å². The van der Waals surface area contributed by atoms with Gasteiger partial charge in [0, 0.05) is 14.2 Å². The van der Waals surface area contributed by atoms with Crippen LogP contribution >= 0.6 is 0 Å². The second kappa shape index (κ2) is 6.22. The van der Waals surface area contributed by atoms with Crippen molar-refractivity contribution in [3.63, 3.8) is 0 Å². The van der Waals surface area contributed by atoms with Crippen LogP contribution in [0.2, 0.25) is 0 Å². The Morgan fingerprint density at radius 2 is 2.06 bits per heavy atom. The Morgan fingerprint density at radius 1 is 1.41 bits per heavy atom. The molecule has 0 saturated heterocycles. The van der Waals surface area contributed by atoms with Gasteiger partial charge in [-0.2, -0.15) is 0 Å². The quantitative estimate of drug-likeness (QED) is 0.817. The summed E-state index contributed by atoms with van der Waals surface area (Å²) in [5, 5.41) is 0. The Bertz CT molecular complexity index is 382. The van der Waals surface area contributed by atoms with Gasteiger partial charge in [0.05, 0.1) is 19.4 Å². The van der Waals surface area contributed by atoms with E-state index in [1.807, 2.05) is 12.1 Å². The number of carbonyl (C=O) groups is 1. The average molecular weight is 238 g/mol. The standard InChI is InChI=1S/C12H18N2O3/c1-14(12(15)9(13)8-16-2)10-6-4-5-7-11(10)17-3/h4-7,9H,8,13H2,1-3H3. The number of para-hydroxylation sites is 2. The van der Waals surface area contributed by atoms with Crippen molar-refractivity contribution < 1.29 is 14.3 Å². The maximum absolute atomic E-state index is 12.0.